The summed E-state index contributed by atoms with van der Waals surface area (Å²) in [7, 11) is 3.25. The van der Waals surface area contributed by atoms with Crippen LogP contribution in [0.2, 0.25) is 0 Å². The molecule has 0 saturated carbocycles. The highest BCUT2D eigenvalue weighted by Gasteiger charge is 2.36. The first-order valence-electron chi connectivity index (χ1n) is 13.4. The maximum absolute atomic E-state index is 14.0. The maximum Gasteiger partial charge on any atom is 0.264 e. The molecule has 2 aromatic carbocycles. The Balaban J connectivity index is 1.42. The van der Waals surface area contributed by atoms with Crippen LogP contribution in [0.15, 0.2) is 71.1 Å². The highest BCUT2D eigenvalue weighted by atomic mass is 32.1. The van der Waals surface area contributed by atoms with Crippen molar-refractivity contribution in [1.82, 2.24) is 14.8 Å². The molecule has 0 aliphatic carbocycles. The van der Waals surface area contributed by atoms with E-state index in [0.29, 0.717) is 43.4 Å². The minimum absolute atomic E-state index is 0.0773. The molecule has 1 aromatic heterocycles. The summed E-state index contributed by atoms with van der Waals surface area (Å²) < 4.78 is 16.4. The Hall–Kier alpha value is -3.73. The molecule has 210 valence electrons. The van der Waals surface area contributed by atoms with Gasteiger partial charge in [-0.15, -0.1) is 11.3 Å². The molecule has 10 heteroatoms. The number of hydrogen-bond acceptors (Lipinski definition) is 8. The summed E-state index contributed by atoms with van der Waals surface area (Å²) in [5, 5.41) is 8.22. The van der Waals surface area contributed by atoms with E-state index in [9.17, 15) is 9.59 Å². The molecule has 2 aliphatic heterocycles. The fourth-order valence-electron chi connectivity index (χ4n) is 5.01. The summed E-state index contributed by atoms with van der Waals surface area (Å²) in [5.41, 5.74) is 2.57. The smallest absolute Gasteiger partial charge is 0.264 e. The maximum atomic E-state index is 14.0. The lowest BCUT2D eigenvalue weighted by Crippen LogP contribution is -2.46. The Morgan fingerprint density at radius 1 is 1.02 bits per heavy atom. The minimum atomic E-state index is -0.362. The van der Waals surface area contributed by atoms with Crippen LogP contribution >= 0.6 is 11.3 Å². The molecule has 40 heavy (non-hydrogen) atoms. The number of para-hydroxylation sites is 1. The standard InChI is InChI=1S/C30H34N4O5S/c1-37-23-11-9-22(10-12-23)25-20-26(24-6-3-4-7-27(24)38-2)34(31-25)29(35)21-33(30(36)28-8-5-19-40-28)14-13-32-15-17-39-18-16-32/h3-12,19,26H,13-18,20-21H2,1-2H3/t26-/m0/s1. The second-order valence-corrected chi connectivity index (χ2v) is 10.6. The third-order valence-electron chi connectivity index (χ3n) is 7.22. The summed E-state index contributed by atoms with van der Waals surface area (Å²) in [5.74, 6) is 1.05. The lowest BCUT2D eigenvalue weighted by Gasteiger charge is -2.31. The number of benzene rings is 2. The van der Waals surface area contributed by atoms with Gasteiger partial charge in [0.25, 0.3) is 11.8 Å². The average Bonchev–Trinajstić information content (AvgIpc) is 3.71. The van der Waals surface area contributed by atoms with Crippen molar-refractivity contribution in [3.05, 3.63) is 82.0 Å². The molecule has 1 fully saturated rings. The van der Waals surface area contributed by atoms with Crippen LogP contribution in [0.25, 0.3) is 0 Å². The molecule has 0 radical (unpaired) electrons. The predicted octanol–water partition coefficient (Wildman–Crippen LogP) is 3.92. The van der Waals surface area contributed by atoms with E-state index in [4.69, 9.17) is 19.3 Å². The minimum Gasteiger partial charge on any atom is -0.497 e. The number of methoxy groups -OCH3 is 2. The summed E-state index contributed by atoms with van der Waals surface area (Å²) >= 11 is 1.38. The largest absolute Gasteiger partial charge is 0.497 e. The van der Waals surface area contributed by atoms with Crippen molar-refractivity contribution in [3.63, 3.8) is 0 Å². The normalized spacial score (nSPS) is 17.4. The Morgan fingerprint density at radius 2 is 1.80 bits per heavy atom. The van der Waals surface area contributed by atoms with Crippen LogP contribution in [0.4, 0.5) is 0 Å². The van der Waals surface area contributed by atoms with Gasteiger partial charge in [-0.05, 0) is 47.3 Å². The highest BCUT2D eigenvalue weighted by Crippen LogP contribution is 2.37. The summed E-state index contributed by atoms with van der Waals surface area (Å²) in [4.78, 5) is 32.0. The molecule has 3 heterocycles. The van der Waals surface area contributed by atoms with Crippen molar-refractivity contribution in [1.29, 1.82) is 0 Å². The van der Waals surface area contributed by atoms with E-state index in [1.54, 1.807) is 25.2 Å². The molecule has 0 N–H and O–H groups in total. The van der Waals surface area contributed by atoms with Crippen LogP contribution in [0.5, 0.6) is 11.5 Å². The monoisotopic (exact) mass is 562 g/mol. The Bertz CT molecular complexity index is 1320. The van der Waals surface area contributed by atoms with Crippen molar-refractivity contribution in [2.45, 2.75) is 12.5 Å². The van der Waals surface area contributed by atoms with Crippen LogP contribution in [0.1, 0.15) is 33.3 Å². The van der Waals surface area contributed by atoms with Gasteiger partial charge in [0, 0.05) is 38.2 Å². The van der Waals surface area contributed by atoms with Crippen molar-refractivity contribution in [3.8, 4) is 11.5 Å². The number of rotatable bonds is 10. The second kappa shape index (κ2) is 13.1. The predicted molar refractivity (Wildman–Crippen MR) is 154 cm³/mol. The number of hydrazone groups is 1. The Morgan fingerprint density at radius 3 is 2.50 bits per heavy atom. The zero-order valence-corrected chi connectivity index (χ0v) is 23.6. The zero-order valence-electron chi connectivity index (χ0n) is 22.8. The van der Waals surface area contributed by atoms with Crippen molar-refractivity contribution in [2.24, 2.45) is 5.10 Å². The first kappa shape index (κ1) is 27.8. The molecule has 0 unspecified atom stereocenters. The molecule has 2 amide bonds. The van der Waals surface area contributed by atoms with Crippen molar-refractivity contribution < 1.29 is 23.8 Å². The number of morpholine rings is 1. The molecule has 5 rings (SSSR count). The average molecular weight is 563 g/mol. The van der Waals surface area contributed by atoms with Gasteiger partial charge < -0.3 is 19.1 Å². The van der Waals surface area contributed by atoms with Gasteiger partial charge in [0.15, 0.2) is 0 Å². The first-order chi connectivity index (χ1) is 19.6. The summed E-state index contributed by atoms with van der Waals surface area (Å²) in [6, 6.07) is 18.6. The number of carbonyl (C=O) groups excluding carboxylic acids is 2. The molecule has 1 atom stereocenters. The molecule has 0 spiro atoms. The molecule has 2 aliphatic rings. The summed E-state index contributed by atoms with van der Waals surface area (Å²) in [6.07, 6.45) is 0.519. The van der Waals surface area contributed by atoms with E-state index in [0.717, 1.165) is 35.7 Å². The van der Waals surface area contributed by atoms with Crippen molar-refractivity contribution in [2.75, 3.05) is 60.2 Å². The molecule has 9 nitrogen and oxygen atoms in total. The van der Waals surface area contributed by atoms with Gasteiger partial charge in [0.2, 0.25) is 0 Å². The van der Waals surface area contributed by atoms with Gasteiger partial charge in [-0.2, -0.15) is 5.10 Å². The molecular weight excluding hydrogens is 528 g/mol. The van der Waals surface area contributed by atoms with Gasteiger partial charge in [-0.1, -0.05) is 24.3 Å². The molecule has 3 aromatic rings. The number of ether oxygens (including phenoxy) is 3. The number of nitrogens with zero attached hydrogens (tertiary/aromatic N) is 4. The third-order valence-corrected chi connectivity index (χ3v) is 8.08. The Kier molecular flexibility index (Phi) is 9.10. The number of amides is 2. The van der Waals surface area contributed by atoms with Crippen LogP contribution in [0, 0.1) is 0 Å². The van der Waals surface area contributed by atoms with Crippen molar-refractivity contribution >= 4 is 28.9 Å². The van der Waals surface area contributed by atoms with Gasteiger partial charge in [0.05, 0.1) is 44.1 Å². The quantitative estimate of drug-likeness (QED) is 0.373. The highest BCUT2D eigenvalue weighted by molar-refractivity contribution is 7.12. The summed E-state index contributed by atoms with van der Waals surface area (Å²) in [6.45, 7) is 4.00. The number of hydrogen-bond donors (Lipinski definition) is 0. The van der Waals surface area contributed by atoms with Crippen LogP contribution in [0.3, 0.4) is 0 Å². The number of carbonyl (C=O) groups is 2. The molecular formula is C30H34N4O5S. The van der Waals surface area contributed by atoms with Crippen LogP contribution < -0.4 is 9.47 Å². The van der Waals surface area contributed by atoms with Gasteiger partial charge in [-0.3, -0.25) is 14.5 Å². The van der Waals surface area contributed by atoms with Crippen LogP contribution in [-0.2, 0) is 9.53 Å². The van der Waals surface area contributed by atoms with Gasteiger partial charge >= 0.3 is 0 Å². The van der Waals surface area contributed by atoms with E-state index in [1.807, 2.05) is 60.0 Å². The van der Waals surface area contributed by atoms with Gasteiger partial charge in [-0.25, -0.2) is 5.01 Å². The molecule has 1 saturated heterocycles. The van der Waals surface area contributed by atoms with Crippen LogP contribution in [-0.4, -0.2) is 92.5 Å². The van der Waals surface area contributed by atoms with E-state index >= 15 is 0 Å². The number of thiophene rings is 1. The third kappa shape index (κ3) is 6.35. The van der Waals surface area contributed by atoms with E-state index in [1.165, 1.54) is 16.3 Å². The topological polar surface area (TPSA) is 83.9 Å². The SMILES string of the molecule is COc1ccc(C2=NN(C(=O)CN(CCN3CCOCC3)C(=O)c3cccs3)[C@H](c3ccccc3OC)C2)cc1. The lowest BCUT2D eigenvalue weighted by atomic mass is 9.97. The van der Waals surface area contributed by atoms with E-state index in [2.05, 4.69) is 4.90 Å². The lowest BCUT2D eigenvalue weighted by molar-refractivity contribution is -0.133. The fourth-order valence-corrected chi connectivity index (χ4v) is 5.70. The van der Waals surface area contributed by atoms with Gasteiger partial charge in [0.1, 0.15) is 18.0 Å². The Labute approximate surface area is 238 Å². The van der Waals surface area contributed by atoms with E-state index in [-0.39, 0.29) is 24.4 Å². The zero-order chi connectivity index (χ0) is 27.9. The fraction of sp³-hybridized carbons (Fsp3) is 0.367. The first-order valence-corrected chi connectivity index (χ1v) is 14.2. The second-order valence-electron chi connectivity index (χ2n) is 9.63. The molecule has 0 bridgehead atoms. The van der Waals surface area contributed by atoms with E-state index < -0.39 is 0 Å².